The predicted molar refractivity (Wildman–Crippen MR) is 30.2 cm³/mol. The third kappa shape index (κ3) is 2.95. The maximum Gasteiger partial charge on any atom is 0.430 e. The number of nitrogens with two attached hydrogens (primary N) is 2. The molecule has 0 amide bonds. The lowest BCUT2D eigenvalue weighted by Crippen LogP contribution is -2.22. The van der Waals surface area contributed by atoms with E-state index in [9.17, 15) is 13.2 Å². The Morgan fingerprint density at radius 2 is 1.70 bits per heavy atom. The molecule has 0 atom stereocenters. The average molecular weight is 153 g/mol. The Morgan fingerprint density at radius 1 is 1.30 bits per heavy atom. The van der Waals surface area contributed by atoms with E-state index in [2.05, 4.69) is 11.5 Å². The highest BCUT2D eigenvalue weighted by Crippen LogP contribution is 2.20. The van der Waals surface area contributed by atoms with E-state index in [4.69, 9.17) is 5.41 Å². The third-order valence-corrected chi connectivity index (χ3v) is 0.638. The van der Waals surface area contributed by atoms with E-state index in [0.717, 1.165) is 0 Å². The molecule has 0 heterocycles. The van der Waals surface area contributed by atoms with Crippen LogP contribution < -0.4 is 11.5 Å². The van der Waals surface area contributed by atoms with Crippen LogP contribution in [0.1, 0.15) is 0 Å². The lowest BCUT2D eigenvalue weighted by Gasteiger charge is -2.04. The van der Waals surface area contributed by atoms with Crippen molar-refractivity contribution in [2.75, 3.05) is 0 Å². The number of alkyl halides is 3. The molecule has 0 saturated carbocycles. The summed E-state index contributed by atoms with van der Waals surface area (Å²) in [4.78, 5) is 0. The van der Waals surface area contributed by atoms with Gasteiger partial charge in [-0.1, -0.05) is 0 Å². The normalized spacial score (nSPS) is 13.3. The quantitative estimate of drug-likeness (QED) is 0.375. The van der Waals surface area contributed by atoms with Gasteiger partial charge in [0.05, 0.1) is 0 Å². The molecule has 0 unspecified atom stereocenters. The summed E-state index contributed by atoms with van der Waals surface area (Å²) in [5, 5.41) is 6.43. The lowest BCUT2D eigenvalue weighted by molar-refractivity contribution is -0.0925. The van der Waals surface area contributed by atoms with Crippen LogP contribution in [0, 0.1) is 5.41 Å². The third-order valence-electron chi connectivity index (χ3n) is 0.638. The molecule has 3 nitrogen and oxygen atoms in total. The van der Waals surface area contributed by atoms with Crippen LogP contribution in [-0.4, -0.2) is 12.0 Å². The molecule has 0 aromatic heterocycles. The Morgan fingerprint density at radius 3 is 1.80 bits per heavy atom. The summed E-state index contributed by atoms with van der Waals surface area (Å²) in [7, 11) is 0. The van der Waals surface area contributed by atoms with Gasteiger partial charge in [-0.3, -0.25) is 5.41 Å². The maximum atomic E-state index is 11.5. The van der Waals surface area contributed by atoms with E-state index in [1.807, 2.05) is 0 Å². The van der Waals surface area contributed by atoms with Crippen molar-refractivity contribution in [2.24, 2.45) is 11.5 Å². The van der Waals surface area contributed by atoms with Gasteiger partial charge < -0.3 is 11.5 Å². The fourth-order valence-corrected chi connectivity index (χ4v) is 0.249. The first-order valence-corrected chi connectivity index (χ1v) is 2.22. The van der Waals surface area contributed by atoms with Crippen LogP contribution in [-0.2, 0) is 0 Å². The van der Waals surface area contributed by atoms with Crippen LogP contribution in [0.25, 0.3) is 0 Å². The largest absolute Gasteiger partial charge is 0.430 e. The second-order valence-corrected chi connectivity index (χ2v) is 1.55. The Bertz CT molecular complexity index is 169. The van der Waals surface area contributed by atoms with Crippen molar-refractivity contribution in [3.8, 4) is 0 Å². The standard InChI is InChI=1S/C4H6F3N3/c5-4(6,7)2(8)1-3(9)10/h1H,8H2,(H3,9,10)/b2-1-. The molecule has 58 valence electrons. The maximum absolute atomic E-state index is 11.5. The lowest BCUT2D eigenvalue weighted by atomic mass is 10.4. The summed E-state index contributed by atoms with van der Waals surface area (Å²) >= 11 is 0. The molecular formula is C4H6F3N3. The molecule has 0 saturated heterocycles. The average Bonchev–Trinajstić information content (AvgIpc) is 1.60. The molecule has 0 aromatic carbocycles. The van der Waals surface area contributed by atoms with E-state index in [1.54, 1.807) is 0 Å². The van der Waals surface area contributed by atoms with Gasteiger partial charge in [-0.15, -0.1) is 0 Å². The fourth-order valence-electron chi connectivity index (χ4n) is 0.249. The van der Waals surface area contributed by atoms with Crippen molar-refractivity contribution in [2.45, 2.75) is 6.18 Å². The molecule has 0 rings (SSSR count). The molecular weight excluding hydrogens is 147 g/mol. The zero-order valence-corrected chi connectivity index (χ0v) is 4.87. The summed E-state index contributed by atoms with van der Waals surface area (Å²) < 4.78 is 34.4. The van der Waals surface area contributed by atoms with Gasteiger partial charge in [0, 0.05) is 6.08 Å². The van der Waals surface area contributed by atoms with Gasteiger partial charge in [0.1, 0.15) is 11.5 Å². The predicted octanol–water partition coefficient (Wildman–Crippen LogP) is 0.327. The first-order chi connectivity index (χ1) is 4.34. The molecule has 0 aromatic rings. The summed E-state index contributed by atoms with van der Waals surface area (Å²) in [5.74, 6) is -0.713. The molecule has 0 fully saturated rings. The Labute approximate surface area is 55.0 Å². The number of nitrogens with one attached hydrogen (secondary N) is 1. The van der Waals surface area contributed by atoms with Gasteiger partial charge in [0.25, 0.3) is 0 Å². The smallest absolute Gasteiger partial charge is 0.395 e. The topological polar surface area (TPSA) is 75.9 Å². The fraction of sp³-hybridized carbons (Fsp3) is 0.250. The van der Waals surface area contributed by atoms with Crippen molar-refractivity contribution in [1.82, 2.24) is 0 Å². The second-order valence-electron chi connectivity index (χ2n) is 1.55. The van der Waals surface area contributed by atoms with Crippen LogP contribution in [0.4, 0.5) is 13.2 Å². The zero-order valence-electron chi connectivity index (χ0n) is 4.87. The minimum Gasteiger partial charge on any atom is -0.395 e. The van der Waals surface area contributed by atoms with E-state index in [0.29, 0.717) is 6.08 Å². The van der Waals surface area contributed by atoms with Gasteiger partial charge in [-0.2, -0.15) is 13.2 Å². The van der Waals surface area contributed by atoms with Gasteiger partial charge in [0.2, 0.25) is 0 Å². The van der Waals surface area contributed by atoms with E-state index in [-0.39, 0.29) is 0 Å². The molecule has 0 spiro atoms. The molecule has 6 heteroatoms. The van der Waals surface area contributed by atoms with Crippen molar-refractivity contribution in [3.63, 3.8) is 0 Å². The van der Waals surface area contributed by atoms with Crippen LogP contribution >= 0.6 is 0 Å². The van der Waals surface area contributed by atoms with E-state index >= 15 is 0 Å². The highest BCUT2D eigenvalue weighted by molar-refractivity contribution is 5.89. The Balaban J connectivity index is 4.35. The minimum absolute atomic E-state index is 0.347. The number of allylic oxidation sites excluding steroid dienone is 1. The SMILES string of the molecule is N=C(N)/C=C(\N)C(F)(F)F. The highest BCUT2D eigenvalue weighted by atomic mass is 19.4. The van der Waals surface area contributed by atoms with Gasteiger partial charge in [-0.25, -0.2) is 0 Å². The molecule has 0 aliphatic carbocycles. The molecule has 0 radical (unpaired) electrons. The first kappa shape index (κ1) is 8.80. The van der Waals surface area contributed by atoms with Crippen molar-refractivity contribution >= 4 is 5.84 Å². The van der Waals surface area contributed by atoms with Crippen LogP contribution in [0.15, 0.2) is 11.8 Å². The summed E-state index contributed by atoms with van der Waals surface area (Å²) in [5.41, 5.74) is 7.72. The van der Waals surface area contributed by atoms with Crippen LogP contribution in [0.2, 0.25) is 0 Å². The van der Waals surface area contributed by atoms with Gasteiger partial charge in [-0.05, 0) is 0 Å². The van der Waals surface area contributed by atoms with Crippen molar-refractivity contribution in [1.29, 1.82) is 5.41 Å². The Kier molecular flexibility index (Phi) is 2.28. The van der Waals surface area contributed by atoms with E-state index < -0.39 is 17.7 Å². The summed E-state index contributed by atoms with van der Waals surface area (Å²) in [6.45, 7) is 0. The number of amidine groups is 1. The van der Waals surface area contributed by atoms with Crippen molar-refractivity contribution < 1.29 is 13.2 Å². The number of halogens is 3. The number of hydrogen-bond acceptors (Lipinski definition) is 2. The molecule has 10 heavy (non-hydrogen) atoms. The van der Waals surface area contributed by atoms with Gasteiger partial charge >= 0.3 is 6.18 Å². The minimum atomic E-state index is -4.59. The first-order valence-electron chi connectivity index (χ1n) is 2.22. The number of rotatable bonds is 1. The van der Waals surface area contributed by atoms with Gasteiger partial charge in [0.15, 0.2) is 0 Å². The van der Waals surface area contributed by atoms with Crippen LogP contribution in [0.3, 0.4) is 0 Å². The van der Waals surface area contributed by atoms with Crippen LogP contribution in [0.5, 0.6) is 0 Å². The number of hydrogen-bond donors (Lipinski definition) is 3. The highest BCUT2D eigenvalue weighted by Gasteiger charge is 2.31. The summed E-state index contributed by atoms with van der Waals surface area (Å²) in [6.07, 6.45) is -4.24. The summed E-state index contributed by atoms with van der Waals surface area (Å²) in [6, 6.07) is 0. The monoisotopic (exact) mass is 153 g/mol. The Hall–Kier alpha value is -1.20. The molecule has 0 bridgehead atoms. The second kappa shape index (κ2) is 2.59. The molecule has 0 aliphatic heterocycles. The van der Waals surface area contributed by atoms with E-state index in [1.165, 1.54) is 0 Å². The molecule has 5 N–H and O–H groups in total. The van der Waals surface area contributed by atoms with Crippen molar-refractivity contribution in [3.05, 3.63) is 11.8 Å². The molecule has 0 aliphatic rings. The zero-order chi connectivity index (χ0) is 8.36.